The van der Waals surface area contributed by atoms with E-state index in [1.807, 2.05) is 0 Å². The molecule has 0 spiro atoms. The van der Waals surface area contributed by atoms with Crippen LogP contribution < -0.4 is 14.5 Å². The van der Waals surface area contributed by atoms with Crippen LogP contribution in [-0.4, -0.2) is 79.2 Å². The molecule has 0 radical (unpaired) electrons. The second kappa shape index (κ2) is 11.5. The Balaban J connectivity index is 1.32. The van der Waals surface area contributed by atoms with Crippen molar-refractivity contribution in [2.75, 3.05) is 56.2 Å². The third-order valence-electron chi connectivity index (χ3n) is 8.63. The van der Waals surface area contributed by atoms with Crippen molar-refractivity contribution in [2.24, 2.45) is 0 Å². The van der Waals surface area contributed by atoms with Crippen molar-refractivity contribution < 1.29 is 9.53 Å². The Kier molecular flexibility index (Phi) is 7.63. The highest BCUT2D eigenvalue weighted by molar-refractivity contribution is 7.17. The van der Waals surface area contributed by atoms with Gasteiger partial charge in [0.15, 0.2) is 0 Å². The number of carbonyl (C=O) groups excluding carboxylic acids is 1. The van der Waals surface area contributed by atoms with Crippen LogP contribution in [0.1, 0.15) is 30.4 Å². The number of pyridine rings is 1. The molecule has 8 nitrogen and oxygen atoms in total. The molecule has 3 aromatic rings. The molecule has 0 unspecified atom stereocenters. The number of benzene rings is 1. The lowest BCUT2D eigenvalue weighted by Crippen LogP contribution is -2.55. The molecule has 3 aliphatic heterocycles. The van der Waals surface area contributed by atoms with E-state index < -0.39 is 0 Å². The van der Waals surface area contributed by atoms with Crippen LogP contribution in [0.25, 0.3) is 10.1 Å². The van der Waals surface area contributed by atoms with Crippen LogP contribution in [0.5, 0.6) is 5.88 Å². The zero-order valence-electron chi connectivity index (χ0n) is 23.1. The number of ether oxygens (including phenoxy) is 1. The lowest BCUT2D eigenvalue weighted by Gasteiger charge is -2.42. The van der Waals surface area contributed by atoms with E-state index in [-0.39, 0.29) is 18.4 Å². The monoisotopic (exact) mass is 556 g/mol. The Bertz CT molecular complexity index is 1450. The van der Waals surface area contributed by atoms with Crippen molar-refractivity contribution in [1.29, 1.82) is 5.26 Å². The lowest BCUT2D eigenvalue weighted by atomic mass is 9.98. The molecule has 5 heterocycles. The summed E-state index contributed by atoms with van der Waals surface area (Å²) < 4.78 is 7.70. The van der Waals surface area contributed by atoms with Crippen LogP contribution in [0.15, 0.2) is 48.4 Å². The third kappa shape index (κ3) is 5.14. The largest absolute Gasteiger partial charge is 0.476 e. The molecule has 6 rings (SSSR count). The van der Waals surface area contributed by atoms with Crippen molar-refractivity contribution >= 4 is 38.8 Å². The molecule has 208 valence electrons. The number of carbonyl (C=O) groups is 1. The zero-order valence-corrected chi connectivity index (χ0v) is 23.9. The number of thiophene rings is 1. The second-order valence-corrected chi connectivity index (χ2v) is 11.9. The maximum Gasteiger partial charge on any atom is 0.246 e. The normalized spacial score (nSPS) is 21.4. The van der Waals surface area contributed by atoms with E-state index in [2.05, 4.69) is 70.1 Å². The third-order valence-corrected chi connectivity index (χ3v) is 9.58. The highest BCUT2D eigenvalue weighted by Gasteiger charge is 2.33. The summed E-state index contributed by atoms with van der Waals surface area (Å²) in [5, 5.41) is 12.9. The number of amides is 1. The smallest absolute Gasteiger partial charge is 0.246 e. The van der Waals surface area contributed by atoms with Crippen molar-refractivity contribution in [2.45, 2.75) is 44.3 Å². The summed E-state index contributed by atoms with van der Waals surface area (Å²) in [6.07, 6.45) is 4.84. The SMILES string of the molecule is C=CC(=O)N1CCN(c2nc(OC[C@@H]3CCCN3C)cc3c2CCN(c2cccc4ccsc24)C3)C[C@@H]1CC#N. The zero-order chi connectivity index (χ0) is 27.6. The molecular weight excluding hydrogens is 520 g/mol. The Morgan fingerprint density at radius 1 is 1.23 bits per heavy atom. The van der Waals surface area contributed by atoms with Gasteiger partial charge in [0.2, 0.25) is 11.8 Å². The maximum atomic E-state index is 12.5. The van der Waals surface area contributed by atoms with E-state index in [1.54, 1.807) is 16.2 Å². The lowest BCUT2D eigenvalue weighted by molar-refractivity contribution is -0.128. The molecule has 2 atom stereocenters. The van der Waals surface area contributed by atoms with E-state index in [0.717, 1.165) is 38.3 Å². The van der Waals surface area contributed by atoms with Gasteiger partial charge in [0.05, 0.1) is 28.9 Å². The van der Waals surface area contributed by atoms with Crippen LogP contribution in [-0.2, 0) is 17.8 Å². The molecule has 1 amide bonds. The Hall–Kier alpha value is -3.61. The first-order valence-electron chi connectivity index (χ1n) is 14.2. The first kappa shape index (κ1) is 26.6. The minimum Gasteiger partial charge on any atom is -0.476 e. The summed E-state index contributed by atoms with van der Waals surface area (Å²) in [6.45, 7) is 8.85. The second-order valence-electron chi connectivity index (χ2n) is 11.0. The summed E-state index contributed by atoms with van der Waals surface area (Å²) >= 11 is 1.79. The Morgan fingerprint density at radius 3 is 2.92 bits per heavy atom. The highest BCUT2D eigenvalue weighted by Crippen LogP contribution is 2.37. The minimum atomic E-state index is -0.199. The van der Waals surface area contributed by atoms with Crippen molar-refractivity contribution in [3.05, 3.63) is 59.5 Å². The van der Waals surface area contributed by atoms with Gasteiger partial charge in [0.1, 0.15) is 12.4 Å². The van der Waals surface area contributed by atoms with Crippen LogP contribution in [0.4, 0.5) is 11.5 Å². The summed E-state index contributed by atoms with van der Waals surface area (Å²) in [4.78, 5) is 26.5. The summed E-state index contributed by atoms with van der Waals surface area (Å²) in [7, 11) is 2.16. The maximum absolute atomic E-state index is 12.5. The fraction of sp³-hybridized carbons (Fsp3) is 0.452. The van der Waals surface area contributed by atoms with Crippen LogP contribution in [0.2, 0.25) is 0 Å². The number of nitriles is 1. The van der Waals surface area contributed by atoms with Crippen molar-refractivity contribution in [3.63, 3.8) is 0 Å². The topological polar surface area (TPSA) is 75.9 Å². The number of rotatable bonds is 7. The van der Waals surface area contributed by atoms with Gasteiger partial charge in [-0.2, -0.15) is 10.2 Å². The number of likely N-dealkylation sites (N-methyl/N-ethyl adjacent to an activating group) is 1. The van der Waals surface area contributed by atoms with E-state index in [4.69, 9.17) is 9.72 Å². The van der Waals surface area contributed by atoms with Gasteiger partial charge in [-0.25, -0.2) is 0 Å². The van der Waals surface area contributed by atoms with Crippen LogP contribution in [0, 0.1) is 11.3 Å². The number of fused-ring (bicyclic) bond motifs is 2. The van der Waals surface area contributed by atoms with Crippen LogP contribution >= 0.6 is 11.3 Å². The predicted molar refractivity (Wildman–Crippen MR) is 160 cm³/mol. The molecule has 0 N–H and O–H groups in total. The molecular formula is C31H36N6O2S. The molecule has 0 saturated carbocycles. The van der Waals surface area contributed by atoms with Crippen molar-refractivity contribution in [1.82, 2.24) is 14.8 Å². The summed E-state index contributed by atoms with van der Waals surface area (Å²) in [5.41, 5.74) is 3.76. The number of anilines is 2. The molecule has 1 aromatic carbocycles. The van der Waals surface area contributed by atoms with Crippen molar-refractivity contribution in [3.8, 4) is 11.9 Å². The van der Waals surface area contributed by atoms with Gasteiger partial charge < -0.3 is 24.3 Å². The summed E-state index contributed by atoms with van der Waals surface area (Å²) in [5.74, 6) is 1.48. The molecule has 0 bridgehead atoms. The molecule has 9 heteroatoms. The molecule has 2 fully saturated rings. The van der Waals surface area contributed by atoms with E-state index in [9.17, 15) is 10.1 Å². The Labute approximate surface area is 240 Å². The Morgan fingerprint density at radius 2 is 2.12 bits per heavy atom. The quantitative estimate of drug-likeness (QED) is 0.398. The van der Waals surface area contributed by atoms with Gasteiger partial charge in [0.25, 0.3) is 0 Å². The van der Waals surface area contributed by atoms with Gasteiger partial charge in [-0.15, -0.1) is 11.3 Å². The molecule has 2 aromatic heterocycles. The predicted octanol–water partition coefficient (Wildman–Crippen LogP) is 4.45. The molecule has 40 heavy (non-hydrogen) atoms. The molecule has 2 saturated heterocycles. The van der Waals surface area contributed by atoms with Crippen LogP contribution in [0.3, 0.4) is 0 Å². The number of aromatic nitrogens is 1. The van der Waals surface area contributed by atoms with Gasteiger partial charge in [-0.3, -0.25) is 4.79 Å². The average molecular weight is 557 g/mol. The van der Waals surface area contributed by atoms with Gasteiger partial charge >= 0.3 is 0 Å². The van der Waals surface area contributed by atoms with E-state index in [0.29, 0.717) is 38.2 Å². The van der Waals surface area contributed by atoms with E-state index >= 15 is 0 Å². The fourth-order valence-electron chi connectivity index (χ4n) is 6.40. The highest BCUT2D eigenvalue weighted by atomic mass is 32.1. The first-order valence-corrected chi connectivity index (χ1v) is 15.1. The van der Waals surface area contributed by atoms with Gasteiger partial charge in [0, 0.05) is 50.4 Å². The number of piperazine rings is 1. The first-order chi connectivity index (χ1) is 19.6. The number of nitrogens with zero attached hydrogens (tertiary/aromatic N) is 6. The van der Waals surface area contributed by atoms with Gasteiger partial charge in [-0.1, -0.05) is 18.7 Å². The fourth-order valence-corrected chi connectivity index (χ4v) is 7.34. The van der Waals surface area contributed by atoms with E-state index in [1.165, 1.54) is 39.4 Å². The number of likely N-dealkylation sites (tertiary alicyclic amines) is 1. The average Bonchev–Trinajstić information content (AvgIpc) is 3.63. The molecule has 3 aliphatic rings. The number of hydrogen-bond acceptors (Lipinski definition) is 8. The van der Waals surface area contributed by atoms with Gasteiger partial charge in [-0.05, 0) is 67.4 Å². The standard InChI is InChI=1S/C31H36N6O2S/c1-3-29(38)37-16-15-36(20-24(37)9-12-32)31-26-10-14-35(27-8-4-6-22-11-17-40-30(22)27)19-23(26)18-28(33-31)39-21-25-7-5-13-34(25)2/h3-4,6,8,11,17-18,24-25H,1,5,7,9-10,13-16,19-21H2,2H3/t24-,25-/m0/s1. The minimum absolute atomic E-state index is 0.119. The number of hydrogen-bond donors (Lipinski definition) is 0. The molecule has 0 aliphatic carbocycles. The summed E-state index contributed by atoms with van der Waals surface area (Å²) in [6, 6.07) is 13.3.